The number of anilines is 1. The summed E-state index contributed by atoms with van der Waals surface area (Å²) in [6.07, 6.45) is 1.52. The van der Waals surface area contributed by atoms with Crippen molar-refractivity contribution in [2.24, 2.45) is 0 Å². The summed E-state index contributed by atoms with van der Waals surface area (Å²) in [5, 5.41) is 2.81. The molecule has 0 saturated heterocycles. The van der Waals surface area contributed by atoms with E-state index in [0.29, 0.717) is 12.2 Å². The van der Waals surface area contributed by atoms with Gasteiger partial charge < -0.3 is 5.32 Å². The fourth-order valence-corrected chi connectivity index (χ4v) is 2.13. The smallest absolute Gasteiger partial charge is 0.300 e. The zero-order valence-corrected chi connectivity index (χ0v) is 10.7. The van der Waals surface area contributed by atoms with Crippen LogP contribution in [0, 0.1) is 0 Å². The van der Waals surface area contributed by atoms with E-state index in [-0.39, 0.29) is 23.0 Å². The van der Waals surface area contributed by atoms with E-state index < -0.39 is 11.7 Å². The Bertz CT molecular complexity index is 583. The molecule has 1 aliphatic heterocycles. The molecule has 0 spiro atoms. The summed E-state index contributed by atoms with van der Waals surface area (Å²) in [5.74, 6) is -1.76. The maximum absolute atomic E-state index is 11.8. The Morgan fingerprint density at radius 3 is 2.84 bits per heavy atom. The van der Waals surface area contributed by atoms with Gasteiger partial charge >= 0.3 is 0 Å². The van der Waals surface area contributed by atoms with Crippen molar-refractivity contribution < 1.29 is 14.4 Å². The van der Waals surface area contributed by atoms with Crippen molar-refractivity contribution in [3.05, 3.63) is 41.4 Å². The number of benzene rings is 1. The van der Waals surface area contributed by atoms with E-state index in [0.717, 1.165) is 4.90 Å². The maximum Gasteiger partial charge on any atom is 0.300 e. The third-order valence-electron chi connectivity index (χ3n) is 2.69. The summed E-state index contributed by atoms with van der Waals surface area (Å²) in [6, 6.07) is 4.68. The van der Waals surface area contributed by atoms with Crippen molar-refractivity contribution in [2.75, 3.05) is 18.0 Å². The van der Waals surface area contributed by atoms with Crippen LogP contribution in [0.5, 0.6) is 0 Å². The average Bonchev–Trinajstić information content (AvgIpc) is 2.63. The highest BCUT2D eigenvalue weighted by molar-refractivity contribution is 6.54. The quantitative estimate of drug-likeness (QED) is 0.664. The van der Waals surface area contributed by atoms with Crippen LogP contribution in [0.1, 0.15) is 10.4 Å². The molecule has 1 aromatic carbocycles. The fraction of sp³-hybridized carbons (Fsp3) is 0.154. The lowest BCUT2D eigenvalue weighted by Crippen LogP contribution is -2.40. The summed E-state index contributed by atoms with van der Waals surface area (Å²) in [4.78, 5) is 36.3. The second kappa shape index (κ2) is 5.24. The lowest BCUT2D eigenvalue weighted by Gasteiger charge is -2.16. The number of carbonyl (C=O) groups excluding carboxylic acids is 3. The molecule has 1 aliphatic rings. The van der Waals surface area contributed by atoms with Gasteiger partial charge in [0, 0.05) is 6.54 Å². The van der Waals surface area contributed by atoms with Crippen LogP contribution in [0.4, 0.5) is 5.69 Å². The van der Waals surface area contributed by atoms with Crippen LogP contribution in [-0.4, -0.2) is 30.7 Å². The third-order valence-corrected chi connectivity index (χ3v) is 2.99. The molecule has 2 amide bonds. The summed E-state index contributed by atoms with van der Waals surface area (Å²) in [7, 11) is 0. The van der Waals surface area contributed by atoms with Crippen molar-refractivity contribution in [3.63, 3.8) is 0 Å². The molecule has 1 heterocycles. The maximum atomic E-state index is 11.8. The van der Waals surface area contributed by atoms with E-state index in [1.54, 1.807) is 12.1 Å². The Labute approximate surface area is 114 Å². The van der Waals surface area contributed by atoms with Crippen molar-refractivity contribution >= 4 is 34.9 Å². The molecule has 19 heavy (non-hydrogen) atoms. The summed E-state index contributed by atoms with van der Waals surface area (Å²) in [6.45, 7) is 3.53. The van der Waals surface area contributed by atoms with Crippen LogP contribution < -0.4 is 10.2 Å². The van der Waals surface area contributed by atoms with Crippen LogP contribution >= 0.6 is 11.6 Å². The Morgan fingerprint density at radius 2 is 2.16 bits per heavy atom. The summed E-state index contributed by atoms with van der Waals surface area (Å²) in [5.41, 5.74) is 0.530. The van der Waals surface area contributed by atoms with Crippen LogP contribution in [-0.2, 0) is 9.59 Å². The standard InChI is InChI=1S/C13H11ClN2O3/c1-2-6-15-10(17)7-16-11-8(12(18)13(16)19)4-3-5-9(11)14/h2-5H,1,6-7H2,(H,15,17). The van der Waals surface area contributed by atoms with Gasteiger partial charge in [-0.15, -0.1) is 6.58 Å². The van der Waals surface area contributed by atoms with Gasteiger partial charge in [-0.05, 0) is 12.1 Å². The van der Waals surface area contributed by atoms with Crippen molar-refractivity contribution in [2.45, 2.75) is 0 Å². The number of carbonyl (C=O) groups is 3. The molecule has 0 aromatic heterocycles. The first-order chi connectivity index (χ1) is 9.06. The highest BCUT2D eigenvalue weighted by atomic mass is 35.5. The number of fused-ring (bicyclic) bond motifs is 1. The first-order valence-electron chi connectivity index (χ1n) is 5.58. The van der Waals surface area contributed by atoms with Gasteiger partial charge in [0.1, 0.15) is 6.54 Å². The molecule has 0 bridgehead atoms. The normalized spacial score (nSPS) is 13.4. The lowest BCUT2D eigenvalue weighted by atomic mass is 10.1. The largest absolute Gasteiger partial charge is 0.351 e. The molecule has 98 valence electrons. The molecule has 0 aliphatic carbocycles. The van der Waals surface area contributed by atoms with E-state index in [9.17, 15) is 14.4 Å². The Kier molecular flexibility index (Phi) is 3.66. The monoisotopic (exact) mass is 278 g/mol. The SMILES string of the molecule is C=CCNC(=O)CN1C(=O)C(=O)c2cccc(Cl)c21. The highest BCUT2D eigenvalue weighted by Crippen LogP contribution is 2.35. The topological polar surface area (TPSA) is 66.5 Å². The zero-order valence-electron chi connectivity index (χ0n) is 9.98. The zero-order chi connectivity index (χ0) is 14.0. The minimum Gasteiger partial charge on any atom is -0.351 e. The van der Waals surface area contributed by atoms with E-state index >= 15 is 0 Å². The van der Waals surface area contributed by atoms with Crippen LogP contribution in [0.2, 0.25) is 5.02 Å². The number of amides is 2. The molecular weight excluding hydrogens is 268 g/mol. The van der Waals surface area contributed by atoms with Gasteiger partial charge in [-0.25, -0.2) is 0 Å². The van der Waals surface area contributed by atoms with Crippen LogP contribution in [0.15, 0.2) is 30.9 Å². The molecule has 2 rings (SSSR count). The van der Waals surface area contributed by atoms with Crippen molar-refractivity contribution in [1.29, 1.82) is 0 Å². The molecule has 0 unspecified atom stereocenters. The Morgan fingerprint density at radius 1 is 1.42 bits per heavy atom. The number of hydrogen-bond acceptors (Lipinski definition) is 3. The van der Waals surface area contributed by atoms with Crippen molar-refractivity contribution in [1.82, 2.24) is 5.32 Å². The fourth-order valence-electron chi connectivity index (χ4n) is 1.85. The molecule has 0 atom stereocenters. The third kappa shape index (κ3) is 2.37. The predicted molar refractivity (Wildman–Crippen MR) is 71.3 cm³/mol. The Balaban J connectivity index is 2.28. The predicted octanol–water partition coefficient (Wildman–Crippen LogP) is 1.17. The number of para-hydroxylation sites is 1. The summed E-state index contributed by atoms with van der Waals surface area (Å²) < 4.78 is 0. The van der Waals surface area contributed by atoms with E-state index in [2.05, 4.69) is 11.9 Å². The number of ketones is 1. The van der Waals surface area contributed by atoms with E-state index in [1.165, 1.54) is 12.1 Å². The van der Waals surface area contributed by atoms with Gasteiger partial charge in [0.05, 0.1) is 16.3 Å². The summed E-state index contributed by atoms with van der Waals surface area (Å²) >= 11 is 5.99. The molecule has 5 nitrogen and oxygen atoms in total. The van der Waals surface area contributed by atoms with Gasteiger partial charge in [0.15, 0.2) is 0 Å². The first kappa shape index (κ1) is 13.3. The van der Waals surface area contributed by atoms with Gasteiger partial charge in [-0.3, -0.25) is 19.3 Å². The lowest BCUT2D eigenvalue weighted by molar-refractivity contribution is -0.122. The second-order valence-corrected chi connectivity index (χ2v) is 4.36. The Hall–Kier alpha value is -2.14. The number of rotatable bonds is 4. The van der Waals surface area contributed by atoms with Gasteiger partial charge in [-0.1, -0.05) is 23.7 Å². The van der Waals surface area contributed by atoms with Gasteiger partial charge in [0.25, 0.3) is 11.7 Å². The molecule has 0 radical (unpaired) electrons. The minimum atomic E-state index is -0.739. The average molecular weight is 279 g/mol. The number of Topliss-reactive ketones (excluding diaryl/α,β-unsaturated/α-hetero) is 1. The molecule has 0 saturated carbocycles. The van der Waals surface area contributed by atoms with E-state index in [1.807, 2.05) is 0 Å². The van der Waals surface area contributed by atoms with Crippen LogP contribution in [0.25, 0.3) is 0 Å². The number of halogens is 1. The molecule has 0 fully saturated rings. The number of nitrogens with one attached hydrogen (secondary N) is 1. The minimum absolute atomic E-state index is 0.231. The highest BCUT2D eigenvalue weighted by Gasteiger charge is 2.38. The molecular formula is C13H11ClN2O3. The molecule has 1 N–H and O–H groups in total. The van der Waals surface area contributed by atoms with Gasteiger partial charge in [0.2, 0.25) is 5.91 Å². The van der Waals surface area contributed by atoms with Crippen LogP contribution in [0.3, 0.4) is 0 Å². The number of nitrogens with zero attached hydrogens (tertiary/aromatic N) is 1. The molecule has 6 heteroatoms. The van der Waals surface area contributed by atoms with Gasteiger partial charge in [-0.2, -0.15) is 0 Å². The molecule has 1 aromatic rings. The van der Waals surface area contributed by atoms with Crippen molar-refractivity contribution in [3.8, 4) is 0 Å². The first-order valence-corrected chi connectivity index (χ1v) is 5.96. The second-order valence-electron chi connectivity index (χ2n) is 3.95. The number of hydrogen-bond donors (Lipinski definition) is 1. The van der Waals surface area contributed by atoms with E-state index in [4.69, 9.17) is 11.6 Å².